The first kappa shape index (κ1) is 31.4. The predicted octanol–water partition coefficient (Wildman–Crippen LogP) is 4.76. The van der Waals surface area contributed by atoms with Crippen molar-refractivity contribution >= 4 is 17.9 Å². The van der Waals surface area contributed by atoms with Crippen LogP contribution in [0.4, 0.5) is 0 Å². The molecule has 33 heavy (non-hydrogen) atoms. The molecule has 3 atom stereocenters. The number of quaternary nitrogens is 1. The highest BCUT2D eigenvalue weighted by molar-refractivity contribution is 5.77. The summed E-state index contributed by atoms with van der Waals surface area (Å²) in [6.45, 7) is 7.48. The van der Waals surface area contributed by atoms with Crippen molar-refractivity contribution in [3.63, 3.8) is 0 Å². The molecule has 0 saturated carbocycles. The van der Waals surface area contributed by atoms with Gasteiger partial charge in [0.15, 0.2) is 12.1 Å². The third-order valence-electron chi connectivity index (χ3n) is 7.14. The number of unbranched alkanes of at least 4 members (excludes halogenated alkanes) is 11. The van der Waals surface area contributed by atoms with Gasteiger partial charge < -0.3 is 20.1 Å². The molecule has 0 aromatic rings. The molecule has 0 heterocycles. The molecule has 194 valence electrons. The summed E-state index contributed by atoms with van der Waals surface area (Å²) >= 11 is 0. The average molecular weight is 472 g/mol. The maximum Gasteiger partial charge on any atom is 0.362 e. The Morgan fingerprint density at radius 2 is 0.939 bits per heavy atom. The molecule has 7 nitrogen and oxygen atoms in total. The van der Waals surface area contributed by atoms with Crippen molar-refractivity contribution < 1.29 is 34.2 Å². The van der Waals surface area contributed by atoms with E-state index in [1.165, 1.54) is 51.4 Å². The standard InChI is InChI=1S/C26H49NO6/c1-5-9-10-11-12-13-14-15-16-17-18-19-20-27(21(6-2)24(28)29,22(7-3)25(30)31)23(8-4)26(32)33/h21-23H,5-20H2,1-4H3,(H2-,28,29,30,31,32,33). The highest BCUT2D eigenvalue weighted by Gasteiger charge is 2.53. The molecular formula is C26H49NO6. The van der Waals surface area contributed by atoms with Crippen LogP contribution in [0.15, 0.2) is 0 Å². The van der Waals surface area contributed by atoms with Crippen molar-refractivity contribution in [2.75, 3.05) is 6.54 Å². The van der Waals surface area contributed by atoms with E-state index in [0.717, 1.165) is 19.3 Å². The Morgan fingerprint density at radius 3 is 1.21 bits per heavy atom. The van der Waals surface area contributed by atoms with Crippen molar-refractivity contribution in [2.45, 2.75) is 142 Å². The minimum Gasteiger partial charge on any atom is -0.544 e. The molecule has 0 rings (SSSR count). The number of rotatable bonds is 22. The van der Waals surface area contributed by atoms with Crippen molar-refractivity contribution in [1.82, 2.24) is 0 Å². The number of carbonyl (C=O) groups excluding carboxylic acids is 1. The number of carbonyl (C=O) groups is 3. The van der Waals surface area contributed by atoms with E-state index in [0.29, 0.717) is 6.42 Å². The van der Waals surface area contributed by atoms with Gasteiger partial charge in [0.2, 0.25) is 0 Å². The third-order valence-corrected chi connectivity index (χ3v) is 7.14. The summed E-state index contributed by atoms with van der Waals surface area (Å²) in [5, 5.41) is 31.9. The van der Waals surface area contributed by atoms with E-state index >= 15 is 0 Å². The van der Waals surface area contributed by atoms with Gasteiger partial charge in [-0.05, 0) is 12.8 Å². The molecule has 0 spiro atoms. The zero-order valence-corrected chi connectivity index (χ0v) is 21.5. The monoisotopic (exact) mass is 471 g/mol. The summed E-state index contributed by atoms with van der Waals surface area (Å²) in [5.74, 6) is -3.65. The van der Waals surface area contributed by atoms with E-state index in [4.69, 9.17) is 0 Å². The summed E-state index contributed by atoms with van der Waals surface area (Å²) in [4.78, 5) is 36.4. The average Bonchev–Trinajstić information content (AvgIpc) is 2.75. The number of hydrogen-bond acceptors (Lipinski definition) is 4. The van der Waals surface area contributed by atoms with E-state index in [1.807, 2.05) is 0 Å². The van der Waals surface area contributed by atoms with Crippen LogP contribution in [-0.2, 0) is 14.4 Å². The van der Waals surface area contributed by atoms with E-state index < -0.39 is 40.5 Å². The highest BCUT2D eigenvalue weighted by Crippen LogP contribution is 2.32. The maximum absolute atomic E-state index is 12.2. The Labute approximate surface area is 201 Å². The second kappa shape index (κ2) is 17.8. The summed E-state index contributed by atoms with van der Waals surface area (Å²) in [5.41, 5.74) is 0. The number of nitrogens with zero attached hydrogens (tertiary/aromatic N) is 1. The summed E-state index contributed by atoms with van der Waals surface area (Å²) in [6, 6.07) is -3.36. The lowest BCUT2D eigenvalue weighted by molar-refractivity contribution is -0.974. The number of carboxylic acids is 3. The van der Waals surface area contributed by atoms with Gasteiger partial charge in [0.1, 0.15) is 6.04 Å². The molecule has 7 heteroatoms. The van der Waals surface area contributed by atoms with E-state index in [-0.39, 0.29) is 25.8 Å². The minimum atomic E-state index is -1.36. The van der Waals surface area contributed by atoms with Crippen LogP contribution in [0.3, 0.4) is 0 Å². The molecule has 0 saturated heterocycles. The molecule has 0 aromatic carbocycles. The second-order valence-electron chi connectivity index (χ2n) is 9.38. The van der Waals surface area contributed by atoms with Crippen LogP contribution < -0.4 is 5.11 Å². The minimum absolute atomic E-state index is 0.133. The molecule has 0 aromatic heterocycles. The van der Waals surface area contributed by atoms with Crippen LogP contribution in [0.5, 0.6) is 0 Å². The largest absolute Gasteiger partial charge is 0.544 e. The zero-order valence-electron chi connectivity index (χ0n) is 21.5. The summed E-state index contributed by atoms with van der Waals surface area (Å²) in [7, 11) is 0. The Hall–Kier alpha value is -1.63. The van der Waals surface area contributed by atoms with E-state index in [9.17, 15) is 29.7 Å². The molecule has 2 N–H and O–H groups in total. The normalized spacial score (nSPS) is 16.0. The molecule has 0 aliphatic carbocycles. The Kier molecular flexibility index (Phi) is 16.9. The molecule has 0 aliphatic heterocycles. The van der Waals surface area contributed by atoms with Crippen LogP contribution in [0.1, 0.15) is 124 Å². The van der Waals surface area contributed by atoms with Crippen LogP contribution in [0.2, 0.25) is 0 Å². The first-order chi connectivity index (χ1) is 15.7. The first-order valence-corrected chi connectivity index (χ1v) is 13.3. The van der Waals surface area contributed by atoms with Gasteiger partial charge in [0.25, 0.3) is 0 Å². The van der Waals surface area contributed by atoms with Gasteiger partial charge in [-0.25, -0.2) is 9.59 Å². The maximum atomic E-state index is 12.2. The van der Waals surface area contributed by atoms with Gasteiger partial charge in [-0.15, -0.1) is 0 Å². The van der Waals surface area contributed by atoms with Crippen LogP contribution in [0, 0.1) is 0 Å². The van der Waals surface area contributed by atoms with E-state index in [2.05, 4.69) is 6.92 Å². The molecule has 0 aliphatic rings. The molecular weight excluding hydrogens is 422 g/mol. The van der Waals surface area contributed by atoms with Crippen molar-refractivity contribution in [3.8, 4) is 0 Å². The molecule has 3 unspecified atom stereocenters. The Balaban J connectivity index is 5.13. The van der Waals surface area contributed by atoms with Gasteiger partial charge >= 0.3 is 11.9 Å². The Bertz CT molecular complexity index is 510. The van der Waals surface area contributed by atoms with Crippen molar-refractivity contribution in [3.05, 3.63) is 0 Å². The fourth-order valence-corrected chi connectivity index (χ4v) is 5.49. The predicted molar refractivity (Wildman–Crippen MR) is 129 cm³/mol. The lowest BCUT2D eigenvalue weighted by atomic mass is 9.93. The zero-order chi connectivity index (χ0) is 25.3. The van der Waals surface area contributed by atoms with Gasteiger partial charge in [-0.2, -0.15) is 0 Å². The van der Waals surface area contributed by atoms with Gasteiger partial charge in [-0.1, -0.05) is 91.9 Å². The summed E-state index contributed by atoms with van der Waals surface area (Å²) < 4.78 is -0.464. The Morgan fingerprint density at radius 1 is 0.606 bits per heavy atom. The number of hydrogen-bond donors (Lipinski definition) is 2. The van der Waals surface area contributed by atoms with Crippen LogP contribution in [-0.4, -0.2) is 57.3 Å². The third kappa shape index (κ3) is 10.0. The molecule has 0 fully saturated rings. The molecule has 0 bridgehead atoms. The smallest absolute Gasteiger partial charge is 0.362 e. The lowest BCUT2D eigenvalue weighted by Crippen LogP contribution is -2.73. The highest BCUT2D eigenvalue weighted by atomic mass is 16.4. The topological polar surface area (TPSA) is 115 Å². The molecule has 0 amide bonds. The van der Waals surface area contributed by atoms with Crippen molar-refractivity contribution in [2.24, 2.45) is 0 Å². The van der Waals surface area contributed by atoms with Crippen LogP contribution >= 0.6 is 0 Å². The first-order valence-electron chi connectivity index (χ1n) is 13.3. The lowest BCUT2D eigenvalue weighted by Gasteiger charge is -2.51. The van der Waals surface area contributed by atoms with E-state index in [1.54, 1.807) is 20.8 Å². The summed E-state index contributed by atoms with van der Waals surface area (Å²) in [6.07, 6.45) is 14.2. The fourth-order valence-electron chi connectivity index (χ4n) is 5.49. The van der Waals surface area contributed by atoms with Gasteiger partial charge in [-0.3, -0.25) is 4.48 Å². The van der Waals surface area contributed by atoms with Crippen LogP contribution in [0.25, 0.3) is 0 Å². The van der Waals surface area contributed by atoms with Gasteiger partial charge in [0.05, 0.1) is 12.5 Å². The fraction of sp³-hybridized carbons (Fsp3) is 0.885. The SMILES string of the molecule is CCCCCCCCCCCCCC[N+](C(CC)C(=O)[O-])(C(CC)C(=O)O)C(CC)C(=O)O. The van der Waals surface area contributed by atoms with Gasteiger partial charge in [0, 0.05) is 19.3 Å². The van der Waals surface area contributed by atoms with Crippen molar-refractivity contribution in [1.29, 1.82) is 0 Å². The number of carboxylic acid groups (broad SMARTS) is 3. The second-order valence-corrected chi connectivity index (χ2v) is 9.38. The molecule has 0 radical (unpaired) electrons. The quantitative estimate of drug-likeness (QED) is 0.174. The number of aliphatic carboxylic acids is 3.